The average molecular weight is 396 g/mol. The van der Waals surface area contributed by atoms with Crippen molar-refractivity contribution in [2.45, 2.75) is 19.6 Å². The van der Waals surface area contributed by atoms with Crippen molar-refractivity contribution in [3.8, 4) is 5.75 Å². The van der Waals surface area contributed by atoms with Gasteiger partial charge in [-0.25, -0.2) is 0 Å². The maximum absolute atomic E-state index is 12.9. The molecule has 0 unspecified atom stereocenters. The molecule has 0 atom stereocenters. The fourth-order valence-electron chi connectivity index (χ4n) is 3.89. The lowest BCUT2D eigenvalue weighted by molar-refractivity contribution is 0.102. The summed E-state index contributed by atoms with van der Waals surface area (Å²) in [5, 5.41) is 3.42. The molecule has 4 aromatic rings. The van der Waals surface area contributed by atoms with Crippen LogP contribution in [-0.4, -0.2) is 10.5 Å². The first-order valence-corrected chi connectivity index (χ1v) is 9.92. The van der Waals surface area contributed by atoms with Crippen molar-refractivity contribution in [1.29, 1.82) is 0 Å². The number of carbonyl (C=O) groups excluding carboxylic acids is 1. The van der Waals surface area contributed by atoms with Crippen LogP contribution in [0.2, 0.25) is 0 Å². The van der Waals surface area contributed by atoms with Crippen LogP contribution in [0.25, 0.3) is 10.9 Å². The molecule has 0 aliphatic carbocycles. The molecule has 0 radical (unpaired) electrons. The van der Waals surface area contributed by atoms with Crippen molar-refractivity contribution < 1.29 is 9.53 Å². The van der Waals surface area contributed by atoms with Crippen LogP contribution in [0, 0.1) is 0 Å². The SMILES string of the molecule is O=C(Nc1ccc(OCc2ccccc2)cc1)c1cn2c3c(cccc3c1=O)CC2. The summed E-state index contributed by atoms with van der Waals surface area (Å²) in [7, 11) is 0. The second kappa shape index (κ2) is 7.52. The van der Waals surface area contributed by atoms with Gasteiger partial charge in [-0.3, -0.25) is 9.59 Å². The van der Waals surface area contributed by atoms with Crippen LogP contribution < -0.4 is 15.5 Å². The number of hydrogen-bond acceptors (Lipinski definition) is 3. The Morgan fingerprint density at radius 3 is 2.57 bits per heavy atom. The molecule has 1 aliphatic heterocycles. The van der Waals surface area contributed by atoms with Gasteiger partial charge < -0.3 is 14.6 Å². The molecule has 5 heteroatoms. The Bertz CT molecular complexity index is 1290. The van der Waals surface area contributed by atoms with Crippen LogP contribution in [0.5, 0.6) is 5.75 Å². The maximum Gasteiger partial charge on any atom is 0.261 e. The van der Waals surface area contributed by atoms with E-state index in [1.807, 2.05) is 47.0 Å². The standard InChI is InChI=1S/C25H20N2O3/c28-24-21-8-4-7-18-13-14-27(23(18)21)15-22(24)25(29)26-19-9-11-20(12-10-19)30-16-17-5-2-1-3-6-17/h1-12,15H,13-14,16H2,(H,26,29). The zero-order valence-electron chi connectivity index (χ0n) is 16.3. The van der Waals surface area contributed by atoms with E-state index in [9.17, 15) is 9.59 Å². The number of para-hydroxylation sites is 1. The molecule has 1 amide bonds. The molecule has 5 nitrogen and oxygen atoms in total. The molecule has 0 bridgehead atoms. The van der Waals surface area contributed by atoms with Crippen molar-refractivity contribution in [3.63, 3.8) is 0 Å². The van der Waals surface area contributed by atoms with Gasteiger partial charge in [-0.15, -0.1) is 0 Å². The molecule has 148 valence electrons. The normalized spacial score (nSPS) is 12.1. The largest absolute Gasteiger partial charge is 0.489 e. The smallest absolute Gasteiger partial charge is 0.261 e. The molecule has 1 aromatic heterocycles. The van der Waals surface area contributed by atoms with Gasteiger partial charge in [-0.1, -0.05) is 42.5 Å². The molecular weight excluding hydrogens is 376 g/mol. The first kappa shape index (κ1) is 18.2. The van der Waals surface area contributed by atoms with Crippen LogP contribution in [0.1, 0.15) is 21.5 Å². The van der Waals surface area contributed by atoms with Crippen molar-refractivity contribution >= 4 is 22.5 Å². The topological polar surface area (TPSA) is 60.3 Å². The maximum atomic E-state index is 12.9. The second-order valence-electron chi connectivity index (χ2n) is 7.38. The van der Waals surface area contributed by atoms with Crippen LogP contribution in [0.15, 0.2) is 83.8 Å². The first-order chi connectivity index (χ1) is 14.7. The molecular formula is C25H20N2O3. The average Bonchev–Trinajstić information content (AvgIpc) is 3.20. The fourth-order valence-corrected chi connectivity index (χ4v) is 3.89. The van der Waals surface area contributed by atoms with E-state index in [1.54, 1.807) is 36.5 Å². The molecule has 3 aromatic carbocycles. The molecule has 5 rings (SSSR count). The van der Waals surface area contributed by atoms with E-state index < -0.39 is 5.91 Å². The zero-order chi connectivity index (χ0) is 20.5. The van der Waals surface area contributed by atoms with Gasteiger partial charge in [0.1, 0.15) is 17.9 Å². The fraction of sp³-hybridized carbons (Fsp3) is 0.120. The molecule has 1 N–H and O–H groups in total. The highest BCUT2D eigenvalue weighted by atomic mass is 16.5. The number of carbonyl (C=O) groups is 1. The van der Waals surface area contributed by atoms with Gasteiger partial charge in [0.25, 0.3) is 5.91 Å². The summed E-state index contributed by atoms with van der Waals surface area (Å²) in [5.41, 5.74) is 3.72. The Morgan fingerprint density at radius 1 is 0.967 bits per heavy atom. The Hall–Kier alpha value is -3.86. The van der Waals surface area contributed by atoms with E-state index in [-0.39, 0.29) is 11.0 Å². The lowest BCUT2D eigenvalue weighted by Crippen LogP contribution is -2.23. The van der Waals surface area contributed by atoms with E-state index in [4.69, 9.17) is 4.74 Å². The summed E-state index contributed by atoms with van der Waals surface area (Å²) in [6.07, 6.45) is 2.56. The summed E-state index contributed by atoms with van der Waals surface area (Å²) in [6, 6.07) is 22.8. The van der Waals surface area contributed by atoms with Gasteiger partial charge in [0.05, 0.1) is 5.52 Å². The van der Waals surface area contributed by atoms with Crippen LogP contribution in [0.3, 0.4) is 0 Å². The second-order valence-corrected chi connectivity index (χ2v) is 7.38. The summed E-state index contributed by atoms with van der Waals surface area (Å²) in [6.45, 7) is 1.26. The third kappa shape index (κ3) is 3.35. The molecule has 0 spiro atoms. The van der Waals surface area contributed by atoms with Gasteiger partial charge in [-0.05, 0) is 47.9 Å². The Balaban J connectivity index is 1.33. The molecule has 30 heavy (non-hydrogen) atoms. The lowest BCUT2D eigenvalue weighted by Gasteiger charge is -2.10. The number of ether oxygens (including phenoxy) is 1. The van der Waals surface area contributed by atoms with Gasteiger partial charge >= 0.3 is 0 Å². The molecule has 1 aliphatic rings. The number of benzene rings is 3. The number of hydrogen-bond donors (Lipinski definition) is 1. The number of aryl methyl sites for hydroxylation is 2. The summed E-state index contributed by atoms with van der Waals surface area (Å²) in [5.74, 6) is 0.309. The number of pyridine rings is 1. The third-order valence-electron chi connectivity index (χ3n) is 5.41. The van der Waals surface area contributed by atoms with Crippen molar-refractivity contribution in [3.05, 3.63) is 106 Å². The van der Waals surface area contributed by atoms with Gasteiger partial charge in [0, 0.05) is 23.8 Å². The van der Waals surface area contributed by atoms with E-state index >= 15 is 0 Å². The van der Waals surface area contributed by atoms with E-state index in [1.165, 1.54) is 0 Å². The van der Waals surface area contributed by atoms with E-state index in [0.717, 1.165) is 29.6 Å². The zero-order valence-corrected chi connectivity index (χ0v) is 16.3. The highest BCUT2D eigenvalue weighted by molar-refractivity contribution is 6.06. The number of aromatic nitrogens is 1. The predicted octanol–water partition coefficient (Wildman–Crippen LogP) is 4.39. The Morgan fingerprint density at radius 2 is 1.77 bits per heavy atom. The Kier molecular flexibility index (Phi) is 4.56. The van der Waals surface area contributed by atoms with Gasteiger partial charge in [0.2, 0.25) is 5.43 Å². The third-order valence-corrected chi connectivity index (χ3v) is 5.41. The number of amides is 1. The van der Waals surface area contributed by atoms with E-state index in [0.29, 0.717) is 23.4 Å². The molecule has 0 saturated heterocycles. The van der Waals surface area contributed by atoms with Crippen molar-refractivity contribution in [2.75, 3.05) is 5.32 Å². The van der Waals surface area contributed by atoms with Gasteiger partial charge in [0.15, 0.2) is 0 Å². The minimum absolute atomic E-state index is 0.158. The number of anilines is 1. The van der Waals surface area contributed by atoms with Crippen LogP contribution >= 0.6 is 0 Å². The Labute approximate surface area is 173 Å². The highest BCUT2D eigenvalue weighted by Gasteiger charge is 2.20. The summed E-state index contributed by atoms with van der Waals surface area (Å²) in [4.78, 5) is 25.7. The molecule has 0 fully saturated rings. The van der Waals surface area contributed by atoms with Crippen molar-refractivity contribution in [1.82, 2.24) is 4.57 Å². The van der Waals surface area contributed by atoms with Crippen LogP contribution in [-0.2, 0) is 19.6 Å². The minimum atomic E-state index is -0.402. The quantitative estimate of drug-likeness (QED) is 0.544. The predicted molar refractivity (Wildman–Crippen MR) is 117 cm³/mol. The van der Waals surface area contributed by atoms with Crippen LogP contribution in [0.4, 0.5) is 5.69 Å². The number of nitrogens with one attached hydrogen (secondary N) is 1. The van der Waals surface area contributed by atoms with E-state index in [2.05, 4.69) is 5.32 Å². The summed E-state index contributed by atoms with van der Waals surface area (Å²) >= 11 is 0. The van der Waals surface area contributed by atoms with Gasteiger partial charge in [-0.2, -0.15) is 0 Å². The number of nitrogens with zero attached hydrogens (tertiary/aromatic N) is 1. The monoisotopic (exact) mass is 396 g/mol. The lowest BCUT2D eigenvalue weighted by atomic mass is 10.1. The first-order valence-electron chi connectivity index (χ1n) is 9.92. The van der Waals surface area contributed by atoms with Crippen molar-refractivity contribution in [2.24, 2.45) is 0 Å². The highest BCUT2D eigenvalue weighted by Crippen LogP contribution is 2.24. The minimum Gasteiger partial charge on any atom is -0.489 e. The molecule has 2 heterocycles. The summed E-state index contributed by atoms with van der Waals surface area (Å²) < 4.78 is 7.78. The molecule has 0 saturated carbocycles. The number of rotatable bonds is 5.